The fourth-order valence-corrected chi connectivity index (χ4v) is 5.61. The molecule has 0 bridgehead atoms. The van der Waals surface area contributed by atoms with Gasteiger partial charge in [-0.25, -0.2) is 4.79 Å². The number of rotatable bonds is 4. The number of nitrogens with zero attached hydrogens (tertiary/aromatic N) is 2. The van der Waals surface area contributed by atoms with Crippen LogP contribution in [0.15, 0.2) is 42.5 Å². The summed E-state index contributed by atoms with van der Waals surface area (Å²) in [4.78, 5) is 28.3. The zero-order valence-electron chi connectivity index (χ0n) is 17.5. The Morgan fingerprint density at radius 3 is 2.72 bits per heavy atom. The highest BCUT2D eigenvalue weighted by Crippen LogP contribution is 2.55. The molecule has 0 aliphatic carbocycles. The third kappa shape index (κ3) is 3.56. The van der Waals surface area contributed by atoms with Gasteiger partial charge >= 0.3 is 12.2 Å². The Morgan fingerprint density at radius 1 is 1.25 bits per heavy atom. The van der Waals surface area contributed by atoms with Crippen molar-refractivity contribution in [2.75, 3.05) is 30.9 Å². The van der Waals surface area contributed by atoms with E-state index in [1.807, 2.05) is 0 Å². The molecule has 0 aromatic heterocycles. The fourth-order valence-electron chi connectivity index (χ4n) is 4.15. The maximum Gasteiger partial charge on any atom is 0.416 e. The quantitative estimate of drug-likeness (QED) is 0.736. The number of nitrogens with one attached hydrogen (secondary N) is 1. The predicted molar refractivity (Wildman–Crippen MR) is 116 cm³/mol. The average molecular weight is 465 g/mol. The molecule has 0 saturated carbocycles. The van der Waals surface area contributed by atoms with Crippen LogP contribution in [0.25, 0.3) is 0 Å². The van der Waals surface area contributed by atoms with E-state index >= 15 is 0 Å². The Hall–Kier alpha value is -2.88. The monoisotopic (exact) mass is 465 g/mol. The molecule has 2 aliphatic rings. The molecule has 32 heavy (non-hydrogen) atoms. The summed E-state index contributed by atoms with van der Waals surface area (Å²) >= 11 is 1.34. The van der Waals surface area contributed by atoms with Crippen LogP contribution in [0.2, 0.25) is 0 Å². The number of hydrogen-bond acceptors (Lipinski definition) is 4. The van der Waals surface area contributed by atoms with Crippen molar-refractivity contribution >= 4 is 29.4 Å². The van der Waals surface area contributed by atoms with Gasteiger partial charge in [0.25, 0.3) is 5.91 Å². The lowest BCUT2D eigenvalue weighted by molar-refractivity contribution is -0.137. The van der Waals surface area contributed by atoms with Crippen LogP contribution in [0, 0.1) is 0 Å². The number of halogens is 3. The number of hydrogen-bond donors (Lipinski definition) is 1. The highest BCUT2D eigenvalue weighted by atomic mass is 32.2. The van der Waals surface area contributed by atoms with Crippen molar-refractivity contribution in [2.45, 2.75) is 24.5 Å². The second-order valence-electron chi connectivity index (χ2n) is 7.45. The van der Waals surface area contributed by atoms with Gasteiger partial charge in [-0.15, -0.1) is 11.8 Å². The number of methoxy groups -OCH3 is 1. The van der Waals surface area contributed by atoms with E-state index in [9.17, 15) is 22.8 Å². The largest absolute Gasteiger partial charge is 0.497 e. The molecular formula is C22H22F3N3O3S. The molecule has 170 valence electrons. The molecule has 1 N–H and O–H groups in total. The third-order valence-corrected chi connectivity index (χ3v) is 6.99. The molecule has 2 heterocycles. The lowest BCUT2D eigenvalue weighted by Crippen LogP contribution is -2.53. The van der Waals surface area contributed by atoms with Gasteiger partial charge in [-0.05, 0) is 42.8 Å². The van der Waals surface area contributed by atoms with Gasteiger partial charge in [0.2, 0.25) is 0 Å². The van der Waals surface area contributed by atoms with E-state index in [2.05, 4.69) is 5.32 Å². The van der Waals surface area contributed by atoms with Crippen LogP contribution in [-0.4, -0.2) is 42.8 Å². The highest BCUT2D eigenvalue weighted by molar-refractivity contribution is 8.01. The smallest absolute Gasteiger partial charge is 0.416 e. The number of amides is 3. The lowest BCUT2D eigenvalue weighted by Gasteiger charge is -2.33. The molecule has 1 spiro atoms. The van der Waals surface area contributed by atoms with Crippen molar-refractivity contribution in [1.82, 2.24) is 10.2 Å². The summed E-state index contributed by atoms with van der Waals surface area (Å²) < 4.78 is 44.9. The lowest BCUT2D eigenvalue weighted by atomic mass is 10.1. The van der Waals surface area contributed by atoms with Crippen molar-refractivity contribution in [3.8, 4) is 5.75 Å². The number of carbonyl (C=O) groups excluding carboxylic acids is 2. The van der Waals surface area contributed by atoms with Gasteiger partial charge in [-0.3, -0.25) is 9.69 Å². The summed E-state index contributed by atoms with van der Waals surface area (Å²) in [5, 5.41) is 2.75. The van der Waals surface area contributed by atoms with Crippen molar-refractivity contribution in [3.63, 3.8) is 0 Å². The van der Waals surface area contributed by atoms with Gasteiger partial charge in [0.15, 0.2) is 4.87 Å². The fraction of sp³-hybridized carbons (Fsp3) is 0.364. The first-order valence-corrected chi connectivity index (χ1v) is 11.1. The van der Waals surface area contributed by atoms with E-state index in [1.165, 1.54) is 34.7 Å². The van der Waals surface area contributed by atoms with Gasteiger partial charge in [0.1, 0.15) is 5.75 Å². The normalized spacial score (nSPS) is 20.1. The second kappa shape index (κ2) is 8.23. The molecule has 4 rings (SSSR count). The van der Waals surface area contributed by atoms with Crippen LogP contribution in [0.4, 0.5) is 23.7 Å². The van der Waals surface area contributed by atoms with Crippen molar-refractivity contribution in [3.05, 3.63) is 59.2 Å². The van der Waals surface area contributed by atoms with Gasteiger partial charge < -0.3 is 15.0 Å². The number of carbonyl (C=O) groups is 2. The topological polar surface area (TPSA) is 61.9 Å². The summed E-state index contributed by atoms with van der Waals surface area (Å²) in [6.07, 6.45) is -4.48. The molecule has 10 heteroatoms. The number of benzene rings is 2. The van der Waals surface area contributed by atoms with Gasteiger partial charge in [0, 0.05) is 24.4 Å². The SMILES string of the molecule is CCNC(=O)N1CCSC12C(=O)N(Cc1cccc(C(F)(F)F)c1)c1ccc(OC)cc12. The van der Waals surface area contributed by atoms with Crippen LogP contribution < -0.4 is 15.0 Å². The third-order valence-electron chi connectivity index (χ3n) is 5.57. The first kappa shape index (κ1) is 22.3. The number of fused-ring (bicyclic) bond motifs is 2. The molecule has 2 aromatic carbocycles. The van der Waals surface area contributed by atoms with Crippen LogP contribution in [0.5, 0.6) is 5.75 Å². The van der Waals surface area contributed by atoms with E-state index in [4.69, 9.17) is 4.74 Å². The Kier molecular flexibility index (Phi) is 5.74. The molecule has 6 nitrogen and oxygen atoms in total. The number of alkyl halides is 3. The molecule has 1 saturated heterocycles. The van der Waals surface area contributed by atoms with Crippen LogP contribution in [-0.2, 0) is 22.4 Å². The Morgan fingerprint density at radius 2 is 2.03 bits per heavy atom. The maximum atomic E-state index is 13.8. The molecule has 2 aliphatic heterocycles. The molecule has 1 fully saturated rings. The first-order valence-electron chi connectivity index (χ1n) is 10.1. The van der Waals surface area contributed by atoms with Crippen molar-refractivity contribution in [1.29, 1.82) is 0 Å². The standard InChI is InChI=1S/C22H22F3N3O3S/c1-3-26-20(30)28-9-10-32-21(28)17-12-16(31-2)7-8-18(17)27(19(21)29)13-14-5-4-6-15(11-14)22(23,24)25/h4-8,11-12H,3,9-10,13H2,1-2H3,(H,26,30). The Bertz CT molecular complexity index is 1060. The summed E-state index contributed by atoms with van der Waals surface area (Å²) in [6, 6.07) is 9.70. The van der Waals surface area contributed by atoms with E-state index in [1.54, 1.807) is 31.2 Å². The van der Waals surface area contributed by atoms with E-state index in [0.717, 1.165) is 12.1 Å². The maximum absolute atomic E-state index is 13.8. The summed E-state index contributed by atoms with van der Waals surface area (Å²) in [5.41, 5.74) is 0.726. The number of anilines is 1. The summed E-state index contributed by atoms with van der Waals surface area (Å²) in [5.74, 6) is 0.726. The minimum atomic E-state index is -4.48. The number of urea groups is 1. The Balaban J connectivity index is 1.78. The molecule has 1 atom stereocenters. The first-order chi connectivity index (χ1) is 15.2. The molecular weight excluding hydrogens is 443 g/mol. The summed E-state index contributed by atoms with van der Waals surface area (Å²) in [7, 11) is 1.51. The minimum Gasteiger partial charge on any atom is -0.497 e. The van der Waals surface area contributed by atoms with Crippen molar-refractivity contribution in [2.24, 2.45) is 0 Å². The molecule has 3 amide bonds. The van der Waals surface area contributed by atoms with Gasteiger partial charge in [-0.1, -0.05) is 12.1 Å². The molecule has 1 unspecified atom stereocenters. The van der Waals surface area contributed by atoms with Crippen molar-refractivity contribution < 1.29 is 27.5 Å². The van der Waals surface area contributed by atoms with E-state index < -0.39 is 16.6 Å². The average Bonchev–Trinajstić information content (AvgIpc) is 3.30. The number of ether oxygens (including phenoxy) is 1. The van der Waals surface area contributed by atoms with E-state index in [0.29, 0.717) is 41.4 Å². The predicted octanol–water partition coefficient (Wildman–Crippen LogP) is 4.19. The van der Waals surface area contributed by atoms with Gasteiger partial charge in [-0.2, -0.15) is 13.2 Å². The minimum absolute atomic E-state index is 0.0480. The number of thioether (sulfide) groups is 1. The Labute approximate surface area is 187 Å². The van der Waals surface area contributed by atoms with Crippen LogP contribution in [0.1, 0.15) is 23.6 Å². The zero-order valence-corrected chi connectivity index (χ0v) is 18.3. The second-order valence-corrected chi connectivity index (χ2v) is 8.74. The summed E-state index contributed by atoms with van der Waals surface area (Å²) in [6.45, 7) is 2.52. The van der Waals surface area contributed by atoms with E-state index in [-0.39, 0.29) is 18.5 Å². The van der Waals surface area contributed by atoms with Crippen LogP contribution >= 0.6 is 11.8 Å². The highest BCUT2D eigenvalue weighted by Gasteiger charge is 2.59. The zero-order chi connectivity index (χ0) is 23.1. The molecule has 0 radical (unpaired) electrons. The van der Waals surface area contributed by atoms with Gasteiger partial charge in [0.05, 0.1) is 24.9 Å². The van der Waals surface area contributed by atoms with Crippen LogP contribution in [0.3, 0.4) is 0 Å². The molecule has 2 aromatic rings.